The van der Waals surface area contributed by atoms with Crippen molar-refractivity contribution in [3.63, 3.8) is 0 Å². The molecule has 4 heterocycles. The van der Waals surface area contributed by atoms with Gasteiger partial charge in [-0.25, -0.2) is 9.67 Å². The SMILES string of the molecule is Cc1c(B2OC(C)(C)C(C)(C)O2)cnc2c1cnn2C1CCCCO1. The van der Waals surface area contributed by atoms with E-state index in [1.807, 2.05) is 17.1 Å². The minimum atomic E-state index is -0.406. The standard InChI is InChI=1S/C18H26BN3O3/c1-12-13-10-21-22(15-8-6-7-9-23-15)16(13)20-11-14(12)19-24-17(2,3)18(4,5)25-19/h10-11,15H,6-9H2,1-5H3. The van der Waals surface area contributed by atoms with Crippen LogP contribution in [0, 0.1) is 6.92 Å². The Morgan fingerprint density at radius 1 is 1.12 bits per heavy atom. The summed E-state index contributed by atoms with van der Waals surface area (Å²) in [5, 5.41) is 5.58. The molecule has 0 saturated carbocycles. The molecule has 2 fully saturated rings. The molecule has 7 heteroatoms. The van der Waals surface area contributed by atoms with Crippen molar-refractivity contribution < 1.29 is 14.0 Å². The molecule has 1 unspecified atom stereocenters. The molecular weight excluding hydrogens is 317 g/mol. The first-order chi connectivity index (χ1) is 11.8. The first kappa shape index (κ1) is 17.0. The van der Waals surface area contributed by atoms with E-state index in [0.717, 1.165) is 47.9 Å². The van der Waals surface area contributed by atoms with E-state index in [2.05, 4.69) is 44.7 Å². The summed E-state index contributed by atoms with van der Waals surface area (Å²) in [7, 11) is -0.406. The van der Waals surface area contributed by atoms with Gasteiger partial charge in [-0.3, -0.25) is 0 Å². The van der Waals surface area contributed by atoms with Gasteiger partial charge in [0.15, 0.2) is 11.9 Å². The predicted molar refractivity (Wildman–Crippen MR) is 96.8 cm³/mol. The first-order valence-electron chi connectivity index (χ1n) is 9.10. The van der Waals surface area contributed by atoms with E-state index >= 15 is 0 Å². The average Bonchev–Trinajstić information content (AvgIpc) is 3.08. The van der Waals surface area contributed by atoms with Crippen LogP contribution in [0.5, 0.6) is 0 Å². The summed E-state index contributed by atoms with van der Waals surface area (Å²) in [4.78, 5) is 4.68. The number of fused-ring (bicyclic) bond motifs is 1. The molecule has 0 spiro atoms. The van der Waals surface area contributed by atoms with E-state index in [4.69, 9.17) is 14.0 Å². The zero-order valence-corrected chi connectivity index (χ0v) is 15.7. The molecule has 2 saturated heterocycles. The third-order valence-corrected chi connectivity index (χ3v) is 5.87. The lowest BCUT2D eigenvalue weighted by atomic mass is 9.77. The number of hydrogen-bond donors (Lipinski definition) is 0. The van der Waals surface area contributed by atoms with Gasteiger partial charge in [-0.2, -0.15) is 5.10 Å². The number of hydrogen-bond acceptors (Lipinski definition) is 5. The molecule has 0 radical (unpaired) electrons. The summed E-state index contributed by atoms with van der Waals surface area (Å²) in [5.41, 5.74) is 2.21. The molecule has 1 atom stereocenters. The smallest absolute Gasteiger partial charge is 0.399 e. The number of nitrogens with zero attached hydrogens (tertiary/aromatic N) is 3. The van der Waals surface area contributed by atoms with Gasteiger partial charge < -0.3 is 14.0 Å². The molecule has 2 aliphatic rings. The second-order valence-corrected chi connectivity index (χ2v) is 8.07. The molecule has 134 valence electrons. The second-order valence-electron chi connectivity index (χ2n) is 8.07. The van der Waals surface area contributed by atoms with Gasteiger partial charge in [-0.1, -0.05) is 0 Å². The van der Waals surface area contributed by atoms with Gasteiger partial charge in [0.1, 0.15) is 0 Å². The highest BCUT2D eigenvalue weighted by Gasteiger charge is 2.52. The van der Waals surface area contributed by atoms with Gasteiger partial charge in [-0.05, 0) is 59.4 Å². The van der Waals surface area contributed by atoms with E-state index < -0.39 is 7.12 Å². The fourth-order valence-electron chi connectivity index (χ4n) is 3.47. The lowest BCUT2D eigenvalue weighted by molar-refractivity contribution is -0.0370. The Labute approximate surface area is 149 Å². The summed E-state index contributed by atoms with van der Waals surface area (Å²) in [6.07, 6.45) is 6.99. The highest BCUT2D eigenvalue weighted by Crippen LogP contribution is 2.37. The molecule has 2 aromatic rings. The maximum Gasteiger partial charge on any atom is 0.496 e. The zero-order chi connectivity index (χ0) is 17.8. The van der Waals surface area contributed by atoms with Crippen LogP contribution in [0.1, 0.15) is 58.7 Å². The Bertz CT molecular complexity index is 780. The minimum Gasteiger partial charge on any atom is -0.399 e. The molecule has 0 amide bonds. The van der Waals surface area contributed by atoms with Crippen molar-refractivity contribution in [3.8, 4) is 0 Å². The van der Waals surface area contributed by atoms with Crippen molar-refractivity contribution in [2.24, 2.45) is 0 Å². The van der Waals surface area contributed by atoms with E-state index in [9.17, 15) is 0 Å². The highest BCUT2D eigenvalue weighted by atomic mass is 16.7. The zero-order valence-electron chi connectivity index (χ0n) is 15.7. The van der Waals surface area contributed by atoms with E-state index in [-0.39, 0.29) is 17.4 Å². The van der Waals surface area contributed by atoms with Crippen LogP contribution in [0.3, 0.4) is 0 Å². The molecule has 2 aliphatic heterocycles. The Morgan fingerprint density at radius 3 is 2.48 bits per heavy atom. The molecular formula is C18H26BN3O3. The fourth-order valence-corrected chi connectivity index (χ4v) is 3.47. The number of ether oxygens (including phenoxy) is 1. The van der Waals surface area contributed by atoms with E-state index in [0.29, 0.717) is 0 Å². The normalized spacial score (nSPS) is 25.6. The Kier molecular flexibility index (Phi) is 3.94. The van der Waals surface area contributed by atoms with Crippen LogP contribution >= 0.6 is 0 Å². The number of aryl methyl sites for hydroxylation is 1. The van der Waals surface area contributed by atoms with E-state index in [1.54, 1.807) is 0 Å². The number of pyridine rings is 1. The Morgan fingerprint density at radius 2 is 1.84 bits per heavy atom. The molecule has 2 aromatic heterocycles. The summed E-state index contributed by atoms with van der Waals surface area (Å²) in [5.74, 6) is 0. The van der Waals surface area contributed by atoms with Crippen molar-refractivity contribution >= 4 is 23.6 Å². The van der Waals surface area contributed by atoms with Crippen molar-refractivity contribution in [2.45, 2.75) is 71.3 Å². The second kappa shape index (κ2) is 5.79. The molecule has 0 bridgehead atoms. The monoisotopic (exact) mass is 343 g/mol. The van der Waals surface area contributed by atoms with E-state index in [1.165, 1.54) is 0 Å². The third-order valence-electron chi connectivity index (χ3n) is 5.87. The van der Waals surface area contributed by atoms with Gasteiger partial charge in [-0.15, -0.1) is 0 Å². The lowest BCUT2D eigenvalue weighted by Gasteiger charge is -2.32. The largest absolute Gasteiger partial charge is 0.496 e. The van der Waals surface area contributed by atoms with Crippen molar-refractivity contribution in [1.29, 1.82) is 0 Å². The molecule has 0 aromatic carbocycles. The van der Waals surface area contributed by atoms with Crippen molar-refractivity contribution in [2.75, 3.05) is 6.61 Å². The molecule has 4 rings (SSSR count). The fraction of sp³-hybridized carbons (Fsp3) is 0.667. The summed E-state index contributed by atoms with van der Waals surface area (Å²) in [6.45, 7) is 11.1. The van der Waals surface area contributed by atoms with Gasteiger partial charge in [0.05, 0.1) is 17.4 Å². The number of aromatic nitrogens is 3. The van der Waals surface area contributed by atoms with Gasteiger partial charge in [0, 0.05) is 23.7 Å². The van der Waals surface area contributed by atoms with Crippen molar-refractivity contribution in [3.05, 3.63) is 18.0 Å². The van der Waals surface area contributed by atoms with Crippen molar-refractivity contribution in [1.82, 2.24) is 14.8 Å². The summed E-state index contributed by atoms with van der Waals surface area (Å²) < 4.78 is 20.2. The quantitative estimate of drug-likeness (QED) is 0.785. The van der Waals surface area contributed by atoms with Crippen LogP contribution in [0.15, 0.2) is 12.4 Å². The van der Waals surface area contributed by atoms with Gasteiger partial charge in [0.2, 0.25) is 0 Å². The topological polar surface area (TPSA) is 58.4 Å². The molecule has 0 aliphatic carbocycles. The average molecular weight is 343 g/mol. The number of rotatable bonds is 2. The van der Waals surface area contributed by atoms with Crippen LogP contribution in [-0.4, -0.2) is 39.7 Å². The van der Waals surface area contributed by atoms with Crippen LogP contribution < -0.4 is 5.46 Å². The first-order valence-corrected chi connectivity index (χ1v) is 9.10. The molecule has 6 nitrogen and oxygen atoms in total. The molecule has 0 N–H and O–H groups in total. The Balaban J connectivity index is 1.70. The maximum absolute atomic E-state index is 6.19. The summed E-state index contributed by atoms with van der Waals surface area (Å²) in [6, 6.07) is 0. The third kappa shape index (κ3) is 2.69. The van der Waals surface area contributed by atoms with Crippen LogP contribution in [-0.2, 0) is 14.0 Å². The van der Waals surface area contributed by atoms with Gasteiger partial charge >= 0.3 is 7.12 Å². The Hall–Kier alpha value is -1.44. The minimum absolute atomic E-state index is 0.0131. The van der Waals surface area contributed by atoms with Gasteiger partial charge in [0.25, 0.3) is 0 Å². The summed E-state index contributed by atoms with van der Waals surface area (Å²) >= 11 is 0. The highest BCUT2D eigenvalue weighted by molar-refractivity contribution is 6.62. The van der Waals surface area contributed by atoms with Crippen LogP contribution in [0.4, 0.5) is 0 Å². The van der Waals surface area contributed by atoms with Crippen LogP contribution in [0.25, 0.3) is 11.0 Å². The maximum atomic E-state index is 6.19. The lowest BCUT2D eigenvalue weighted by Crippen LogP contribution is -2.41. The molecule has 25 heavy (non-hydrogen) atoms. The van der Waals surface area contributed by atoms with Crippen LogP contribution in [0.2, 0.25) is 0 Å². The predicted octanol–water partition coefficient (Wildman–Crippen LogP) is 2.74.